The summed E-state index contributed by atoms with van der Waals surface area (Å²) >= 11 is 0. The molecule has 4 nitrogen and oxygen atoms in total. The van der Waals surface area contributed by atoms with Gasteiger partial charge in [0.1, 0.15) is 5.75 Å². The molecule has 4 heteroatoms. The van der Waals surface area contributed by atoms with Gasteiger partial charge in [-0.15, -0.1) is 6.58 Å². The lowest BCUT2D eigenvalue weighted by molar-refractivity contribution is -0.130. The van der Waals surface area contributed by atoms with Crippen molar-refractivity contribution in [2.45, 2.75) is 19.8 Å². The number of amides is 1. The van der Waals surface area contributed by atoms with Crippen molar-refractivity contribution >= 4 is 22.9 Å². The Hall–Kier alpha value is -2.62. The number of hydrogen-bond acceptors (Lipinski definition) is 3. The quantitative estimate of drug-likeness (QED) is 0.754. The summed E-state index contributed by atoms with van der Waals surface area (Å²) in [6.07, 6.45) is 10.2. The van der Waals surface area contributed by atoms with Gasteiger partial charge in [0.05, 0.1) is 12.6 Å². The monoisotopic (exact) mass is 350 g/mol. The number of nitrogens with zero attached hydrogens (tertiary/aromatic N) is 2. The number of fused-ring (bicyclic) bond motifs is 1. The molecule has 26 heavy (non-hydrogen) atoms. The summed E-state index contributed by atoms with van der Waals surface area (Å²) in [6.45, 7) is 7.24. The fraction of sp³-hybridized carbons (Fsp3) is 0.364. The highest BCUT2D eigenvalue weighted by molar-refractivity contribution is 5.88. The van der Waals surface area contributed by atoms with Gasteiger partial charge in [0, 0.05) is 31.6 Å². The molecule has 2 unspecified atom stereocenters. The van der Waals surface area contributed by atoms with Crippen molar-refractivity contribution in [3.05, 3.63) is 54.8 Å². The molecule has 3 rings (SSSR count). The number of rotatable bonds is 5. The first-order chi connectivity index (χ1) is 12.6. The van der Waals surface area contributed by atoms with Crippen LogP contribution in [0.25, 0.3) is 17.0 Å². The third-order valence-corrected chi connectivity index (χ3v) is 5.27. The number of aromatic nitrogens is 1. The molecule has 1 aliphatic rings. The number of likely N-dealkylation sites (tertiary alicyclic amines) is 1. The van der Waals surface area contributed by atoms with Crippen molar-refractivity contribution in [2.75, 3.05) is 20.2 Å². The van der Waals surface area contributed by atoms with Gasteiger partial charge in [-0.05, 0) is 54.5 Å². The van der Waals surface area contributed by atoms with Crippen LogP contribution in [0.4, 0.5) is 0 Å². The third kappa shape index (κ3) is 3.96. The van der Waals surface area contributed by atoms with Gasteiger partial charge in [0.2, 0.25) is 5.91 Å². The van der Waals surface area contributed by atoms with Crippen LogP contribution in [0.1, 0.15) is 25.3 Å². The number of methoxy groups -OCH3 is 1. The van der Waals surface area contributed by atoms with Crippen molar-refractivity contribution in [2.24, 2.45) is 11.8 Å². The topological polar surface area (TPSA) is 42.4 Å². The van der Waals surface area contributed by atoms with E-state index >= 15 is 0 Å². The Bertz CT molecular complexity index is 828. The molecule has 1 aliphatic heterocycles. The van der Waals surface area contributed by atoms with Crippen molar-refractivity contribution in [1.82, 2.24) is 9.88 Å². The van der Waals surface area contributed by atoms with Crippen molar-refractivity contribution in [1.29, 1.82) is 0 Å². The van der Waals surface area contributed by atoms with Crippen LogP contribution in [0.3, 0.4) is 0 Å². The van der Waals surface area contributed by atoms with Gasteiger partial charge in [-0.3, -0.25) is 9.78 Å². The highest BCUT2D eigenvalue weighted by atomic mass is 16.5. The van der Waals surface area contributed by atoms with Crippen molar-refractivity contribution in [3.63, 3.8) is 0 Å². The number of allylic oxidation sites excluding steroid dienone is 1. The van der Waals surface area contributed by atoms with Crippen LogP contribution in [-0.4, -0.2) is 36.0 Å². The number of carbonyl (C=O) groups is 1. The van der Waals surface area contributed by atoms with Gasteiger partial charge in [0.25, 0.3) is 0 Å². The first kappa shape index (κ1) is 18.2. The van der Waals surface area contributed by atoms with Gasteiger partial charge in [0.15, 0.2) is 0 Å². The van der Waals surface area contributed by atoms with Crippen LogP contribution in [-0.2, 0) is 4.79 Å². The molecule has 2 aromatic rings. The van der Waals surface area contributed by atoms with Crippen LogP contribution < -0.4 is 4.74 Å². The Morgan fingerprint density at radius 2 is 2.27 bits per heavy atom. The number of ether oxygens (including phenoxy) is 1. The van der Waals surface area contributed by atoms with E-state index in [2.05, 4.69) is 23.7 Å². The molecule has 0 spiro atoms. The number of hydrogen-bond donors (Lipinski definition) is 0. The van der Waals surface area contributed by atoms with Crippen molar-refractivity contribution < 1.29 is 9.53 Å². The fourth-order valence-electron chi connectivity index (χ4n) is 3.66. The van der Waals surface area contributed by atoms with E-state index in [4.69, 9.17) is 4.74 Å². The maximum absolute atomic E-state index is 11.6. The third-order valence-electron chi connectivity index (χ3n) is 5.27. The van der Waals surface area contributed by atoms with E-state index in [9.17, 15) is 4.79 Å². The second-order valence-corrected chi connectivity index (χ2v) is 6.83. The van der Waals surface area contributed by atoms with E-state index < -0.39 is 0 Å². The Morgan fingerprint density at radius 3 is 3.00 bits per heavy atom. The second kappa shape index (κ2) is 8.17. The van der Waals surface area contributed by atoms with Crippen LogP contribution in [0, 0.1) is 11.8 Å². The highest BCUT2D eigenvalue weighted by Gasteiger charge is 2.27. The zero-order valence-corrected chi connectivity index (χ0v) is 15.5. The molecular weight excluding hydrogens is 324 g/mol. The van der Waals surface area contributed by atoms with E-state index in [0.29, 0.717) is 11.8 Å². The highest BCUT2D eigenvalue weighted by Crippen LogP contribution is 2.29. The summed E-state index contributed by atoms with van der Waals surface area (Å²) in [5.41, 5.74) is 2.11. The number of benzene rings is 1. The van der Waals surface area contributed by atoms with E-state index in [1.165, 1.54) is 0 Å². The molecule has 1 saturated heterocycles. The minimum atomic E-state index is 0.156. The average molecular weight is 350 g/mol. The molecule has 0 saturated carbocycles. The zero-order valence-electron chi connectivity index (χ0n) is 15.5. The van der Waals surface area contributed by atoms with Crippen molar-refractivity contribution in [3.8, 4) is 5.75 Å². The Morgan fingerprint density at radius 1 is 1.42 bits per heavy atom. The maximum atomic E-state index is 11.6. The average Bonchev–Trinajstić information content (AvgIpc) is 2.67. The Kier molecular flexibility index (Phi) is 5.71. The zero-order chi connectivity index (χ0) is 18.5. The smallest absolute Gasteiger partial charge is 0.219 e. The van der Waals surface area contributed by atoms with Gasteiger partial charge < -0.3 is 9.64 Å². The minimum absolute atomic E-state index is 0.156. The van der Waals surface area contributed by atoms with Crippen LogP contribution in [0.5, 0.6) is 5.75 Å². The normalized spacial score (nSPS) is 20.5. The first-order valence-electron chi connectivity index (χ1n) is 9.09. The molecule has 0 N–H and O–H groups in total. The summed E-state index contributed by atoms with van der Waals surface area (Å²) in [7, 11) is 1.68. The summed E-state index contributed by atoms with van der Waals surface area (Å²) < 4.78 is 5.34. The summed E-state index contributed by atoms with van der Waals surface area (Å²) in [5, 5.41) is 1.09. The fourth-order valence-corrected chi connectivity index (χ4v) is 3.66. The summed E-state index contributed by atoms with van der Waals surface area (Å²) in [4.78, 5) is 18.0. The molecular formula is C22H26N2O2. The van der Waals surface area contributed by atoms with Crippen LogP contribution in [0.15, 0.2) is 49.2 Å². The number of carbonyl (C=O) groups excluding carboxylic acids is 1. The molecule has 1 aromatic carbocycles. The van der Waals surface area contributed by atoms with E-state index in [1.807, 2.05) is 41.4 Å². The van der Waals surface area contributed by atoms with Crippen LogP contribution in [0.2, 0.25) is 0 Å². The van der Waals surface area contributed by atoms with E-state index in [1.54, 1.807) is 14.0 Å². The molecule has 1 amide bonds. The lowest BCUT2D eigenvalue weighted by Crippen LogP contribution is -2.42. The Labute approximate surface area is 155 Å². The van der Waals surface area contributed by atoms with E-state index in [0.717, 1.165) is 48.1 Å². The number of pyridine rings is 1. The maximum Gasteiger partial charge on any atom is 0.219 e. The van der Waals surface area contributed by atoms with Gasteiger partial charge in [-0.1, -0.05) is 18.2 Å². The first-order valence-corrected chi connectivity index (χ1v) is 9.09. The molecule has 2 atom stereocenters. The second-order valence-electron chi connectivity index (χ2n) is 6.83. The SMILES string of the molecule is C=CC1CN(C(C)=O)CCC1CC=Cc1ccnc2ccc(OC)cc12. The molecule has 2 heterocycles. The number of piperidine rings is 1. The van der Waals surface area contributed by atoms with Gasteiger partial charge in [-0.25, -0.2) is 0 Å². The summed E-state index contributed by atoms with van der Waals surface area (Å²) in [6, 6.07) is 7.97. The standard InChI is InChI=1S/C22H26N2O2/c1-4-17-15-24(16(2)25)13-11-18(17)6-5-7-19-10-12-23-22-9-8-20(26-3)14-21(19)22/h4-5,7-10,12,14,17-18H,1,6,11,13,15H2,2-3H3. The molecule has 0 bridgehead atoms. The minimum Gasteiger partial charge on any atom is -0.497 e. The Balaban J connectivity index is 1.73. The van der Waals surface area contributed by atoms with E-state index in [-0.39, 0.29) is 5.91 Å². The molecule has 0 aliphatic carbocycles. The summed E-state index contributed by atoms with van der Waals surface area (Å²) in [5.74, 6) is 1.88. The van der Waals surface area contributed by atoms with Crippen LogP contribution >= 0.6 is 0 Å². The predicted octanol–water partition coefficient (Wildman–Crippen LogP) is 4.32. The molecule has 0 radical (unpaired) electrons. The lowest BCUT2D eigenvalue weighted by atomic mass is 9.83. The van der Waals surface area contributed by atoms with Gasteiger partial charge in [-0.2, -0.15) is 0 Å². The molecule has 1 fully saturated rings. The van der Waals surface area contributed by atoms with Gasteiger partial charge >= 0.3 is 0 Å². The molecule has 1 aromatic heterocycles. The largest absolute Gasteiger partial charge is 0.497 e. The predicted molar refractivity (Wildman–Crippen MR) is 106 cm³/mol. The lowest BCUT2D eigenvalue weighted by Gasteiger charge is -2.36. The molecule has 136 valence electrons.